The van der Waals surface area contributed by atoms with E-state index in [0.717, 1.165) is 38.3 Å². The second-order valence-corrected chi connectivity index (χ2v) is 5.04. The van der Waals surface area contributed by atoms with E-state index in [4.69, 9.17) is 0 Å². The smallest absolute Gasteiger partial charge is 0.250 e. The molecule has 2 N–H and O–H groups in total. The highest BCUT2D eigenvalue weighted by molar-refractivity contribution is 5.40. The van der Waals surface area contributed by atoms with E-state index in [1.54, 1.807) is 10.6 Å². The van der Waals surface area contributed by atoms with Crippen LogP contribution in [-0.2, 0) is 6.54 Å². The predicted octanol–water partition coefficient (Wildman–Crippen LogP) is 1.67. The summed E-state index contributed by atoms with van der Waals surface area (Å²) in [6.45, 7) is 6.11. The number of piperidine rings is 1. The molecule has 1 saturated heterocycles. The maximum atomic E-state index is 11.6. The second kappa shape index (κ2) is 6.59. The van der Waals surface area contributed by atoms with Crippen molar-refractivity contribution in [1.29, 1.82) is 0 Å². The highest BCUT2D eigenvalue weighted by Crippen LogP contribution is 2.11. The molecular weight excluding hydrogens is 226 g/mol. The summed E-state index contributed by atoms with van der Waals surface area (Å²) in [6.07, 6.45) is 5.47. The number of aryl methyl sites for hydroxylation is 1. The molecule has 0 aliphatic carbocycles. The molecule has 100 valence electrons. The first-order valence-electron chi connectivity index (χ1n) is 6.94. The van der Waals surface area contributed by atoms with Crippen molar-refractivity contribution in [3.63, 3.8) is 0 Å². The van der Waals surface area contributed by atoms with Gasteiger partial charge in [0.25, 0.3) is 5.56 Å². The maximum absolute atomic E-state index is 11.6. The number of nitrogens with zero attached hydrogens (tertiary/aromatic N) is 1. The molecule has 0 spiro atoms. The van der Waals surface area contributed by atoms with E-state index < -0.39 is 0 Å². The van der Waals surface area contributed by atoms with Crippen LogP contribution in [0.4, 0.5) is 5.69 Å². The number of aromatic nitrogens is 1. The standard InChI is InChI=1S/C14H23N3O/c1-2-8-17-11-13(5-6-14(17)18)16-10-12-4-3-7-15-9-12/h5-6,11-12,15-16H,2-4,7-10H2,1H3. The number of anilines is 1. The molecule has 1 aliphatic heterocycles. The normalized spacial score (nSPS) is 19.7. The van der Waals surface area contributed by atoms with Crippen LogP contribution in [0.2, 0.25) is 0 Å². The summed E-state index contributed by atoms with van der Waals surface area (Å²) in [5.41, 5.74) is 1.13. The van der Waals surface area contributed by atoms with E-state index in [9.17, 15) is 4.79 Å². The van der Waals surface area contributed by atoms with E-state index in [1.807, 2.05) is 12.3 Å². The van der Waals surface area contributed by atoms with Crippen LogP contribution < -0.4 is 16.2 Å². The van der Waals surface area contributed by atoms with Gasteiger partial charge in [0, 0.05) is 25.4 Å². The molecule has 0 radical (unpaired) electrons. The lowest BCUT2D eigenvalue weighted by Gasteiger charge is -2.23. The molecule has 0 aromatic carbocycles. The number of rotatable bonds is 5. The topological polar surface area (TPSA) is 46.1 Å². The summed E-state index contributed by atoms with van der Waals surface area (Å²) >= 11 is 0. The van der Waals surface area contributed by atoms with Gasteiger partial charge in [-0.2, -0.15) is 0 Å². The highest BCUT2D eigenvalue weighted by atomic mass is 16.1. The fourth-order valence-electron chi connectivity index (χ4n) is 2.41. The summed E-state index contributed by atoms with van der Waals surface area (Å²) in [7, 11) is 0. The molecule has 18 heavy (non-hydrogen) atoms. The van der Waals surface area contributed by atoms with Gasteiger partial charge in [0.2, 0.25) is 0 Å². The number of nitrogens with one attached hydrogen (secondary N) is 2. The molecule has 4 heteroatoms. The predicted molar refractivity (Wildman–Crippen MR) is 75.1 cm³/mol. The maximum Gasteiger partial charge on any atom is 0.250 e. The minimum atomic E-state index is 0.0849. The van der Waals surface area contributed by atoms with Gasteiger partial charge in [0.15, 0.2) is 0 Å². The fraction of sp³-hybridized carbons (Fsp3) is 0.643. The minimum absolute atomic E-state index is 0.0849. The van der Waals surface area contributed by atoms with Crippen LogP contribution >= 0.6 is 0 Å². The van der Waals surface area contributed by atoms with Crippen molar-refractivity contribution in [3.8, 4) is 0 Å². The lowest BCUT2D eigenvalue weighted by molar-refractivity contribution is 0.393. The zero-order valence-corrected chi connectivity index (χ0v) is 11.1. The number of pyridine rings is 1. The number of hydrogen-bond acceptors (Lipinski definition) is 3. The van der Waals surface area contributed by atoms with Crippen molar-refractivity contribution in [2.75, 3.05) is 25.0 Å². The Hall–Kier alpha value is -1.29. The van der Waals surface area contributed by atoms with Crippen molar-refractivity contribution in [1.82, 2.24) is 9.88 Å². The van der Waals surface area contributed by atoms with Gasteiger partial charge in [-0.05, 0) is 44.3 Å². The third-order valence-corrected chi connectivity index (χ3v) is 3.44. The molecule has 1 aromatic heterocycles. The first kappa shape index (κ1) is 13.1. The van der Waals surface area contributed by atoms with Gasteiger partial charge < -0.3 is 15.2 Å². The van der Waals surface area contributed by atoms with Crippen molar-refractivity contribution < 1.29 is 0 Å². The van der Waals surface area contributed by atoms with Crippen LogP contribution in [0.3, 0.4) is 0 Å². The molecule has 2 heterocycles. The molecule has 1 aliphatic rings. The van der Waals surface area contributed by atoms with Crippen molar-refractivity contribution >= 4 is 5.69 Å². The quantitative estimate of drug-likeness (QED) is 0.834. The van der Waals surface area contributed by atoms with Crippen LogP contribution in [0.1, 0.15) is 26.2 Å². The molecule has 0 amide bonds. The Morgan fingerprint density at radius 3 is 3.11 bits per heavy atom. The van der Waals surface area contributed by atoms with Gasteiger partial charge in [-0.1, -0.05) is 6.92 Å². The lowest BCUT2D eigenvalue weighted by atomic mass is 10.00. The van der Waals surface area contributed by atoms with Crippen molar-refractivity contribution in [2.24, 2.45) is 5.92 Å². The van der Waals surface area contributed by atoms with Gasteiger partial charge >= 0.3 is 0 Å². The van der Waals surface area contributed by atoms with E-state index in [2.05, 4.69) is 17.6 Å². The van der Waals surface area contributed by atoms with E-state index >= 15 is 0 Å². The largest absolute Gasteiger partial charge is 0.384 e. The Morgan fingerprint density at radius 1 is 1.50 bits per heavy atom. The molecule has 1 atom stereocenters. The van der Waals surface area contributed by atoms with Gasteiger partial charge in [0.1, 0.15) is 0 Å². The average Bonchev–Trinajstić information content (AvgIpc) is 2.41. The van der Waals surface area contributed by atoms with E-state index in [-0.39, 0.29) is 5.56 Å². The molecule has 2 rings (SSSR count). The first-order valence-corrected chi connectivity index (χ1v) is 6.94. The van der Waals surface area contributed by atoms with Crippen LogP contribution in [0, 0.1) is 5.92 Å². The molecule has 4 nitrogen and oxygen atoms in total. The van der Waals surface area contributed by atoms with Crippen LogP contribution in [0.5, 0.6) is 0 Å². The third-order valence-electron chi connectivity index (χ3n) is 3.44. The Balaban J connectivity index is 1.92. The summed E-state index contributed by atoms with van der Waals surface area (Å²) in [5.74, 6) is 0.699. The monoisotopic (exact) mass is 249 g/mol. The minimum Gasteiger partial charge on any atom is -0.384 e. The second-order valence-electron chi connectivity index (χ2n) is 5.04. The Labute approximate surface area is 108 Å². The SMILES string of the molecule is CCCn1cc(NCC2CCCNC2)ccc1=O. The van der Waals surface area contributed by atoms with E-state index in [1.165, 1.54) is 12.8 Å². The van der Waals surface area contributed by atoms with Gasteiger partial charge in [-0.15, -0.1) is 0 Å². The van der Waals surface area contributed by atoms with Crippen LogP contribution in [0.15, 0.2) is 23.1 Å². The van der Waals surface area contributed by atoms with Crippen molar-refractivity contribution in [3.05, 3.63) is 28.7 Å². The molecule has 1 aromatic rings. The summed E-state index contributed by atoms with van der Waals surface area (Å²) < 4.78 is 1.78. The van der Waals surface area contributed by atoms with E-state index in [0.29, 0.717) is 5.92 Å². The zero-order chi connectivity index (χ0) is 12.8. The van der Waals surface area contributed by atoms with Gasteiger partial charge in [-0.25, -0.2) is 0 Å². The number of hydrogen-bond donors (Lipinski definition) is 2. The fourth-order valence-corrected chi connectivity index (χ4v) is 2.41. The summed E-state index contributed by atoms with van der Waals surface area (Å²) in [6, 6.07) is 3.53. The molecule has 1 unspecified atom stereocenters. The third kappa shape index (κ3) is 3.60. The molecule has 0 bridgehead atoms. The summed E-state index contributed by atoms with van der Waals surface area (Å²) in [5, 5.41) is 6.86. The van der Waals surface area contributed by atoms with Crippen LogP contribution in [-0.4, -0.2) is 24.2 Å². The summed E-state index contributed by atoms with van der Waals surface area (Å²) in [4.78, 5) is 11.6. The Bertz CT molecular complexity index is 421. The lowest BCUT2D eigenvalue weighted by Crippen LogP contribution is -2.33. The first-order chi connectivity index (χ1) is 8.79. The van der Waals surface area contributed by atoms with Crippen molar-refractivity contribution in [2.45, 2.75) is 32.7 Å². The Kier molecular flexibility index (Phi) is 4.81. The highest BCUT2D eigenvalue weighted by Gasteiger charge is 2.12. The van der Waals surface area contributed by atoms with Crippen LogP contribution in [0.25, 0.3) is 0 Å². The molecular formula is C14H23N3O. The van der Waals surface area contributed by atoms with Gasteiger partial charge in [-0.3, -0.25) is 4.79 Å². The molecule has 1 fully saturated rings. The Morgan fingerprint density at radius 2 is 2.39 bits per heavy atom. The molecule has 0 saturated carbocycles. The van der Waals surface area contributed by atoms with Gasteiger partial charge in [0.05, 0.1) is 5.69 Å². The zero-order valence-electron chi connectivity index (χ0n) is 11.1. The average molecular weight is 249 g/mol.